The first kappa shape index (κ1) is 24.4. The molecule has 0 saturated carbocycles. The van der Waals surface area contributed by atoms with E-state index in [9.17, 15) is 9.59 Å². The van der Waals surface area contributed by atoms with Crippen molar-refractivity contribution in [2.75, 3.05) is 63.2 Å². The Bertz CT molecular complexity index is 1460. The first-order valence-electron chi connectivity index (χ1n) is 12.5. The lowest BCUT2D eigenvalue weighted by Crippen LogP contribution is -2.57. The van der Waals surface area contributed by atoms with Gasteiger partial charge in [-0.15, -0.1) is 0 Å². The van der Waals surface area contributed by atoms with Crippen LogP contribution in [0.1, 0.15) is 10.4 Å². The van der Waals surface area contributed by atoms with Crippen molar-refractivity contribution in [3.63, 3.8) is 0 Å². The minimum Gasteiger partial charge on any atom is -0.489 e. The lowest BCUT2D eigenvalue weighted by Gasteiger charge is -2.39. The average molecular weight is 535 g/mol. The van der Waals surface area contributed by atoms with E-state index >= 15 is 0 Å². The van der Waals surface area contributed by atoms with Gasteiger partial charge in [-0.3, -0.25) is 9.59 Å². The number of benzene rings is 1. The van der Waals surface area contributed by atoms with Crippen molar-refractivity contribution < 1.29 is 19.1 Å². The quantitative estimate of drug-likeness (QED) is 0.510. The van der Waals surface area contributed by atoms with Gasteiger partial charge in [0.2, 0.25) is 5.91 Å². The molecule has 5 heterocycles. The number of halogens is 1. The van der Waals surface area contributed by atoms with E-state index < -0.39 is 0 Å². The molecule has 10 nitrogen and oxygen atoms in total. The normalized spacial score (nSPS) is 19.4. The molecule has 11 heteroatoms. The van der Waals surface area contributed by atoms with Crippen molar-refractivity contribution in [2.24, 2.45) is 0 Å². The predicted octanol–water partition coefficient (Wildman–Crippen LogP) is 2.60. The fraction of sp³-hybridized carbons (Fsp3) is 0.333. The number of morpholine rings is 1. The van der Waals surface area contributed by atoms with Gasteiger partial charge in [-0.2, -0.15) is 0 Å². The second-order valence-electron chi connectivity index (χ2n) is 9.47. The van der Waals surface area contributed by atoms with Crippen molar-refractivity contribution in [1.82, 2.24) is 19.8 Å². The molecule has 2 aromatic heterocycles. The Morgan fingerprint density at radius 1 is 1.13 bits per heavy atom. The number of nitrogens with two attached hydrogens (primary N) is 1. The molecule has 2 amide bonds. The minimum absolute atomic E-state index is 0.172. The number of nitrogens with zero attached hydrogens (tertiary/aromatic N) is 5. The molecular weight excluding hydrogens is 508 g/mol. The molecule has 1 aromatic carbocycles. The van der Waals surface area contributed by atoms with Crippen molar-refractivity contribution in [1.29, 1.82) is 0 Å². The number of rotatable bonds is 3. The lowest BCUT2D eigenvalue weighted by molar-refractivity contribution is -0.128. The third kappa shape index (κ3) is 4.10. The second kappa shape index (κ2) is 9.77. The number of pyridine rings is 2. The molecule has 2 fully saturated rings. The molecule has 3 aliphatic heterocycles. The maximum atomic E-state index is 14.1. The Kier molecular flexibility index (Phi) is 6.29. The van der Waals surface area contributed by atoms with Gasteiger partial charge in [0.25, 0.3) is 5.91 Å². The van der Waals surface area contributed by atoms with Gasteiger partial charge in [-0.1, -0.05) is 42.4 Å². The van der Waals surface area contributed by atoms with Crippen molar-refractivity contribution in [2.45, 2.75) is 6.04 Å². The number of piperazine rings is 1. The largest absolute Gasteiger partial charge is 0.489 e. The summed E-state index contributed by atoms with van der Waals surface area (Å²) in [6.07, 6.45) is 1.29. The predicted molar refractivity (Wildman–Crippen MR) is 145 cm³/mol. The molecule has 0 aliphatic carbocycles. The molecule has 0 unspecified atom stereocenters. The number of ether oxygens (including phenoxy) is 2. The molecule has 196 valence electrons. The van der Waals surface area contributed by atoms with Crippen LogP contribution >= 0.6 is 11.6 Å². The monoisotopic (exact) mass is 534 g/mol. The number of carbonyl (C=O) groups excluding carboxylic acids is 2. The molecule has 0 spiro atoms. The highest BCUT2D eigenvalue weighted by Crippen LogP contribution is 2.44. The molecule has 1 atom stereocenters. The molecule has 2 saturated heterocycles. The van der Waals surface area contributed by atoms with E-state index in [4.69, 9.17) is 31.8 Å². The first-order valence-corrected chi connectivity index (χ1v) is 12.9. The van der Waals surface area contributed by atoms with E-state index in [-0.39, 0.29) is 35.2 Å². The maximum absolute atomic E-state index is 14.1. The van der Waals surface area contributed by atoms with Gasteiger partial charge in [-0.05, 0) is 17.5 Å². The van der Waals surface area contributed by atoms with Crippen LogP contribution in [0.25, 0.3) is 22.2 Å². The van der Waals surface area contributed by atoms with Gasteiger partial charge >= 0.3 is 0 Å². The van der Waals surface area contributed by atoms with Crippen LogP contribution in [-0.2, 0) is 9.53 Å². The number of anilines is 2. The third-order valence-corrected chi connectivity index (χ3v) is 7.59. The molecular formula is C27H27ClN6O4. The van der Waals surface area contributed by atoms with Crippen molar-refractivity contribution >= 4 is 45.8 Å². The number of carbonyl (C=O) groups is 2. The zero-order valence-corrected chi connectivity index (χ0v) is 21.5. The Morgan fingerprint density at radius 3 is 2.71 bits per heavy atom. The second-order valence-corrected chi connectivity index (χ2v) is 9.85. The maximum Gasteiger partial charge on any atom is 0.261 e. The van der Waals surface area contributed by atoms with Gasteiger partial charge in [-0.25, -0.2) is 9.97 Å². The SMILES string of the molecule is C=CC(=O)N1CCN2C(=O)c3c(N4CCOCC4)nc(-c4nc(N)cc5ccccc45)c(Cl)c3OC[C@H]2C1. The van der Waals surface area contributed by atoms with E-state index in [0.29, 0.717) is 74.5 Å². The molecule has 2 N–H and O–H groups in total. The number of hydrogen-bond acceptors (Lipinski definition) is 8. The molecule has 38 heavy (non-hydrogen) atoms. The van der Waals surface area contributed by atoms with Gasteiger partial charge in [0, 0.05) is 38.1 Å². The average Bonchev–Trinajstić information content (AvgIpc) is 3.09. The standard InChI is InChI=1S/C27H27ClN6O4/c1-2-20(35)33-7-8-34-17(14-33)15-38-25-21(27(34)36)26(32-9-11-37-12-10-32)31-24(22(25)28)23-18-6-4-3-5-16(18)13-19(29)30-23/h2-6,13,17H,1,7-12,14-15H2,(H2,29,30)/t17-/m1/s1. The van der Waals surface area contributed by atoms with E-state index in [1.165, 1.54) is 6.08 Å². The summed E-state index contributed by atoms with van der Waals surface area (Å²) in [7, 11) is 0. The smallest absolute Gasteiger partial charge is 0.261 e. The summed E-state index contributed by atoms with van der Waals surface area (Å²) >= 11 is 7.00. The van der Waals surface area contributed by atoms with Crippen molar-refractivity contribution in [3.05, 3.63) is 53.6 Å². The van der Waals surface area contributed by atoms with Crippen LogP contribution in [0.4, 0.5) is 11.6 Å². The number of nitrogen functional groups attached to an aromatic ring is 1. The van der Waals surface area contributed by atoms with Crippen LogP contribution in [0.2, 0.25) is 5.02 Å². The Hall–Kier alpha value is -3.89. The highest BCUT2D eigenvalue weighted by Gasteiger charge is 2.40. The van der Waals surface area contributed by atoms with Crippen LogP contribution in [0.3, 0.4) is 0 Å². The van der Waals surface area contributed by atoms with Crippen LogP contribution in [0.5, 0.6) is 5.75 Å². The first-order chi connectivity index (χ1) is 18.5. The number of fused-ring (bicyclic) bond motifs is 3. The highest BCUT2D eigenvalue weighted by atomic mass is 35.5. The van der Waals surface area contributed by atoms with Crippen LogP contribution < -0.4 is 15.4 Å². The van der Waals surface area contributed by atoms with E-state index in [0.717, 1.165) is 10.8 Å². The Balaban J connectivity index is 1.52. The van der Waals surface area contributed by atoms with Gasteiger partial charge in [0.1, 0.15) is 40.2 Å². The summed E-state index contributed by atoms with van der Waals surface area (Å²) in [6, 6.07) is 9.19. The molecule has 3 aromatic rings. The van der Waals surface area contributed by atoms with Crippen LogP contribution in [0, 0.1) is 0 Å². The minimum atomic E-state index is -0.337. The van der Waals surface area contributed by atoms with Gasteiger partial charge in [0.05, 0.1) is 19.3 Å². The Labute approximate surface area is 224 Å². The number of hydrogen-bond donors (Lipinski definition) is 1. The van der Waals surface area contributed by atoms with Crippen LogP contribution in [0.15, 0.2) is 43.0 Å². The van der Waals surface area contributed by atoms with Gasteiger partial charge < -0.3 is 29.9 Å². The number of aromatic nitrogens is 2. The van der Waals surface area contributed by atoms with E-state index in [1.54, 1.807) is 15.9 Å². The fourth-order valence-corrected chi connectivity index (χ4v) is 5.62. The molecule has 0 bridgehead atoms. The number of amides is 2. The van der Waals surface area contributed by atoms with Crippen molar-refractivity contribution in [3.8, 4) is 17.1 Å². The summed E-state index contributed by atoms with van der Waals surface area (Å²) in [4.78, 5) is 41.4. The van der Waals surface area contributed by atoms with E-state index in [2.05, 4.69) is 11.6 Å². The summed E-state index contributed by atoms with van der Waals surface area (Å²) < 4.78 is 11.9. The Morgan fingerprint density at radius 2 is 1.92 bits per heavy atom. The summed E-state index contributed by atoms with van der Waals surface area (Å²) in [6.45, 7) is 7.02. The van der Waals surface area contributed by atoms with Gasteiger partial charge in [0.15, 0.2) is 5.75 Å². The molecule has 3 aliphatic rings. The zero-order valence-electron chi connectivity index (χ0n) is 20.7. The van der Waals surface area contributed by atoms with E-state index in [1.807, 2.05) is 29.2 Å². The molecule has 6 rings (SSSR count). The fourth-order valence-electron chi connectivity index (χ4n) is 5.34. The highest BCUT2D eigenvalue weighted by molar-refractivity contribution is 6.35. The van der Waals surface area contributed by atoms with Crippen LogP contribution in [-0.4, -0.2) is 90.2 Å². The summed E-state index contributed by atoms with van der Waals surface area (Å²) in [5, 5.41) is 1.93. The third-order valence-electron chi connectivity index (χ3n) is 7.23. The molecule has 0 radical (unpaired) electrons. The topological polar surface area (TPSA) is 114 Å². The summed E-state index contributed by atoms with van der Waals surface area (Å²) in [5.41, 5.74) is 7.40. The summed E-state index contributed by atoms with van der Waals surface area (Å²) in [5.74, 6) is 0.690. The zero-order chi connectivity index (χ0) is 26.4. The lowest BCUT2D eigenvalue weighted by atomic mass is 10.0.